The minimum Gasteiger partial charge on any atom is -0.482 e. The van der Waals surface area contributed by atoms with Crippen molar-refractivity contribution in [3.63, 3.8) is 0 Å². The first kappa shape index (κ1) is 17.8. The number of amides is 1. The summed E-state index contributed by atoms with van der Waals surface area (Å²) in [5, 5.41) is 8.23. The maximum absolute atomic E-state index is 13.0. The van der Waals surface area contributed by atoms with E-state index in [1.54, 1.807) is 18.4 Å². The van der Waals surface area contributed by atoms with Gasteiger partial charge in [-0.2, -0.15) is 0 Å². The van der Waals surface area contributed by atoms with Crippen molar-refractivity contribution in [2.24, 2.45) is 0 Å². The van der Waals surface area contributed by atoms with E-state index in [-0.39, 0.29) is 17.9 Å². The SMILES string of the molecule is CC1Oc2ccccc2OC1C(=O)N1CCC(c2nnc(-c3ccco3)o2)CC1. The van der Waals surface area contributed by atoms with E-state index in [1.165, 1.54) is 0 Å². The third-order valence-electron chi connectivity index (χ3n) is 5.41. The molecule has 2 aromatic heterocycles. The molecule has 2 unspecified atom stereocenters. The Morgan fingerprint density at radius 1 is 1.03 bits per heavy atom. The molecule has 0 radical (unpaired) electrons. The number of nitrogens with zero attached hydrogens (tertiary/aromatic N) is 3. The molecule has 1 fully saturated rings. The van der Waals surface area contributed by atoms with Gasteiger partial charge in [-0.15, -0.1) is 10.2 Å². The molecule has 1 saturated heterocycles. The summed E-state index contributed by atoms with van der Waals surface area (Å²) in [4.78, 5) is 14.9. The Hall–Kier alpha value is -3.29. The summed E-state index contributed by atoms with van der Waals surface area (Å²) in [5.74, 6) is 2.87. The lowest BCUT2D eigenvalue weighted by Gasteiger charge is -2.37. The average Bonchev–Trinajstić information content (AvgIpc) is 3.45. The number of benzene rings is 1. The molecular weight excluding hydrogens is 374 g/mol. The van der Waals surface area contributed by atoms with Crippen molar-refractivity contribution in [1.29, 1.82) is 0 Å². The van der Waals surface area contributed by atoms with E-state index in [4.69, 9.17) is 18.3 Å². The van der Waals surface area contributed by atoms with Gasteiger partial charge in [0.2, 0.25) is 12.0 Å². The van der Waals surface area contributed by atoms with Crippen molar-refractivity contribution in [2.45, 2.75) is 37.9 Å². The number of fused-ring (bicyclic) bond motifs is 1. The Kier molecular flexibility index (Phi) is 4.46. The molecule has 3 aromatic rings. The minimum atomic E-state index is -0.643. The van der Waals surface area contributed by atoms with Gasteiger partial charge in [-0.3, -0.25) is 4.79 Å². The molecule has 0 spiro atoms. The molecule has 0 N–H and O–H groups in total. The number of likely N-dealkylation sites (tertiary alicyclic amines) is 1. The first-order valence-electron chi connectivity index (χ1n) is 9.77. The predicted molar refractivity (Wildman–Crippen MR) is 102 cm³/mol. The van der Waals surface area contributed by atoms with Crippen molar-refractivity contribution in [2.75, 3.05) is 13.1 Å². The lowest BCUT2D eigenvalue weighted by molar-refractivity contribution is -0.145. The quantitative estimate of drug-likeness (QED) is 0.672. The van der Waals surface area contributed by atoms with E-state index >= 15 is 0 Å². The number of rotatable bonds is 3. The number of hydrogen-bond acceptors (Lipinski definition) is 7. The molecule has 8 nitrogen and oxygen atoms in total. The number of carbonyl (C=O) groups is 1. The van der Waals surface area contributed by atoms with Crippen LogP contribution >= 0.6 is 0 Å². The third-order valence-corrected chi connectivity index (χ3v) is 5.41. The molecule has 5 rings (SSSR count). The first-order valence-corrected chi connectivity index (χ1v) is 9.77. The molecule has 0 aliphatic carbocycles. The Bertz CT molecular complexity index is 991. The van der Waals surface area contributed by atoms with Crippen LogP contribution in [0.4, 0.5) is 0 Å². The van der Waals surface area contributed by atoms with Gasteiger partial charge in [0, 0.05) is 19.0 Å². The largest absolute Gasteiger partial charge is 0.482 e. The highest BCUT2D eigenvalue weighted by Crippen LogP contribution is 2.35. The van der Waals surface area contributed by atoms with Crippen LogP contribution in [-0.4, -0.2) is 46.3 Å². The van der Waals surface area contributed by atoms with Crippen molar-refractivity contribution >= 4 is 5.91 Å². The summed E-state index contributed by atoms with van der Waals surface area (Å²) in [6, 6.07) is 11.0. The molecule has 150 valence electrons. The number of aromatic nitrogens is 2. The van der Waals surface area contributed by atoms with E-state index in [0.29, 0.717) is 42.1 Å². The number of carbonyl (C=O) groups excluding carboxylic acids is 1. The summed E-state index contributed by atoms with van der Waals surface area (Å²) >= 11 is 0. The summed E-state index contributed by atoms with van der Waals surface area (Å²) in [6.07, 6.45) is 2.09. The summed E-state index contributed by atoms with van der Waals surface area (Å²) in [7, 11) is 0. The molecule has 1 amide bonds. The van der Waals surface area contributed by atoms with Crippen LogP contribution in [0.3, 0.4) is 0 Å². The molecule has 1 aromatic carbocycles. The van der Waals surface area contributed by atoms with Gasteiger partial charge in [-0.05, 0) is 44.0 Å². The van der Waals surface area contributed by atoms with Crippen LogP contribution in [0.1, 0.15) is 31.6 Å². The fraction of sp³-hybridized carbons (Fsp3) is 0.381. The standard InChI is InChI=1S/C21H21N3O5/c1-13-18(28-16-6-3-2-5-15(16)27-13)21(25)24-10-8-14(9-11-24)19-22-23-20(29-19)17-7-4-12-26-17/h2-7,12-14,18H,8-11H2,1H3. The second-order valence-corrected chi connectivity index (χ2v) is 7.33. The van der Waals surface area contributed by atoms with Gasteiger partial charge in [0.25, 0.3) is 11.8 Å². The van der Waals surface area contributed by atoms with Crippen LogP contribution in [0.15, 0.2) is 51.5 Å². The van der Waals surface area contributed by atoms with Crippen LogP contribution in [0, 0.1) is 0 Å². The number of ether oxygens (including phenoxy) is 2. The monoisotopic (exact) mass is 395 g/mol. The third kappa shape index (κ3) is 3.35. The van der Waals surface area contributed by atoms with E-state index in [0.717, 1.165) is 12.8 Å². The van der Waals surface area contributed by atoms with Crippen LogP contribution in [-0.2, 0) is 4.79 Å². The van der Waals surface area contributed by atoms with Crippen molar-refractivity contribution in [3.8, 4) is 23.1 Å². The smallest absolute Gasteiger partial charge is 0.283 e. The van der Waals surface area contributed by atoms with E-state index in [9.17, 15) is 4.79 Å². The maximum atomic E-state index is 13.0. The van der Waals surface area contributed by atoms with Gasteiger partial charge in [0.05, 0.1) is 6.26 Å². The molecule has 2 atom stereocenters. The Balaban J connectivity index is 1.22. The first-order chi connectivity index (χ1) is 14.2. The van der Waals surface area contributed by atoms with Gasteiger partial charge >= 0.3 is 0 Å². The highest BCUT2D eigenvalue weighted by Gasteiger charge is 2.38. The van der Waals surface area contributed by atoms with Gasteiger partial charge in [-0.25, -0.2) is 0 Å². The van der Waals surface area contributed by atoms with E-state index in [1.807, 2.05) is 36.1 Å². The zero-order valence-electron chi connectivity index (χ0n) is 16.0. The molecular formula is C21H21N3O5. The van der Waals surface area contributed by atoms with Gasteiger partial charge in [0.1, 0.15) is 6.10 Å². The molecule has 4 heterocycles. The number of para-hydroxylation sites is 2. The molecule has 2 aliphatic rings. The van der Waals surface area contributed by atoms with E-state index in [2.05, 4.69) is 10.2 Å². The van der Waals surface area contributed by atoms with Crippen molar-refractivity contribution < 1.29 is 23.1 Å². The Morgan fingerprint density at radius 3 is 2.52 bits per heavy atom. The Labute approximate surface area is 167 Å². The van der Waals surface area contributed by atoms with Gasteiger partial charge in [0.15, 0.2) is 17.3 Å². The molecule has 8 heteroatoms. The molecule has 0 saturated carbocycles. The summed E-state index contributed by atoms with van der Waals surface area (Å²) in [5.41, 5.74) is 0. The van der Waals surface area contributed by atoms with Crippen LogP contribution < -0.4 is 9.47 Å². The summed E-state index contributed by atoms with van der Waals surface area (Å²) in [6.45, 7) is 3.08. The normalized spacial score (nSPS) is 21.9. The molecule has 0 bridgehead atoms. The fourth-order valence-electron chi connectivity index (χ4n) is 3.82. The number of furan rings is 1. The van der Waals surface area contributed by atoms with Crippen LogP contribution in [0.2, 0.25) is 0 Å². The van der Waals surface area contributed by atoms with Gasteiger partial charge in [-0.1, -0.05) is 12.1 Å². The lowest BCUT2D eigenvalue weighted by Crippen LogP contribution is -2.52. The topological polar surface area (TPSA) is 90.8 Å². The summed E-state index contributed by atoms with van der Waals surface area (Å²) < 4.78 is 22.9. The van der Waals surface area contributed by atoms with Gasteiger partial charge < -0.3 is 23.2 Å². The highest BCUT2D eigenvalue weighted by atomic mass is 16.6. The molecule has 2 aliphatic heterocycles. The van der Waals surface area contributed by atoms with Crippen LogP contribution in [0.25, 0.3) is 11.7 Å². The molecule has 29 heavy (non-hydrogen) atoms. The number of piperidine rings is 1. The second kappa shape index (κ2) is 7.27. The second-order valence-electron chi connectivity index (χ2n) is 7.33. The lowest BCUT2D eigenvalue weighted by atomic mass is 9.96. The van der Waals surface area contributed by atoms with Crippen LogP contribution in [0.5, 0.6) is 11.5 Å². The predicted octanol–water partition coefficient (Wildman–Crippen LogP) is 3.26. The fourth-order valence-corrected chi connectivity index (χ4v) is 3.82. The minimum absolute atomic E-state index is 0.0488. The Morgan fingerprint density at radius 2 is 1.79 bits per heavy atom. The highest BCUT2D eigenvalue weighted by molar-refractivity contribution is 5.82. The van der Waals surface area contributed by atoms with E-state index < -0.39 is 6.10 Å². The zero-order valence-corrected chi connectivity index (χ0v) is 16.0. The van der Waals surface area contributed by atoms with Crippen molar-refractivity contribution in [1.82, 2.24) is 15.1 Å². The maximum Gasteiger partial charge on any atom is 0.283 e. The number of hydrogen-bond donors (Lipinski definition) is 0. The average molecular weight is 395 g/mol. The zero-order chi connectivity index (χ0) is 19.8. The van der Waals surface area contributed by atoms with Crippen molar-refractivity contribution in [3.05, 3.63) is 48.6 Å².